The van der Waals surface area contributed by atoms with Crippen LogP contribution in [0.15, 0.2) is 36.4 Å². The Balaban J connectivity index is 2.11. The van der Waals surface area contributed by atoms with E-state index in [0.717, 1.165) is 12.1 Å². The Kier molecular flexibility index (Phi) is 4.24. The van der Waals surface area contributed by atoms with E-state index >= 15 is 0 Å². The molecule has 0 aliphatic carbocycles. The molecule has 0 amide bonds. The van der Waals surface area contributed by atoms with Gasteiger partial charge in [0, 0.05) is 17.3 Å². The molecular formula is C14H11F3N2S. The van der Waals surface area contributed by atoms with Gasteiger partial charge in [0.1, 0.15) is 17.5 Å². The molecule has 2 aromatic carbocycles. The molecule has 0 aromatic heterocycles. The fraction of sp³-hybridized carbons (Fsp3) is 0.0714. The average Bonchev–Trinajstić information content (AvgIpc) is 2.38. The van der Waals surface area contributed by atoms with Gasteiger partial charge in [0.15, 0.2) is 5.11 Å². The average molecular weight is 296 g/mol. The van der Waals surface area contributed by atoms with Crippen LogP contribution in [0.5, 0.6) is 0 Å². The second-order valence-corrected chi connectivity index (χ2v) is 4.52. The van der Waals surface area contributed by atoms with Crippen molar-refractivity contribution in [3.05, 3.63) is 59.4 Å². The summed E-state index contributed by atoms with van der Waals surface area (Å²) in [7, 11) is 0. The number of anilines is 2. The summed E-state index contributed by atoms with van der Waals surface area (Å²) < 4.78 is 39.6. The molecule has 2 rings (SSSR count). The molecule has 0 fully saturated rings. The molecule has 0 atom stereocenters. The number of hydrogen-bond acceptors (Lipinski definition) is 1. The van der Waals surface area contributed by atoms with Gasteiger partial charge in [0.2, 0.25) is 0 Å². The molecular weight excluding hydrogens is 285 g/mol. The lowest BCUT2D eigenvalue weighted by Gasteiger charge is -2.13. The summed E-state index contributed by atoms with van der Waals surface area (Å²) in [6.45, 7) is 1.60. The summed E-state index contributed by atoms with van der Waals surface area (Å²) in [6.07, 6.45) is 0. The largest absolute Gasteiger partial charge is 0.332 e. The monoisotopic (exact) mass is 296 g/mol. The van der Waals surface area contributed by atoms with E-state index in [4.69, 9.17) is 12.2 Å². The highest BCUT2D eigenvalue weighted by Crippen LogP contribution is 2.19. The van der Waals surface area contributed by atoms with Gasteiger partial charge >= 0.3 is 0 Å². The Hall–Kier alpha value is -2.08. The molecule has 0 spiro atoms. The van der Waals surface area contributed by atoms with Crippen LogP contribution in [0.1, 0.15) is 5.56 Å². The van der Waals surface area contributed by atoms with Gasteiger partial charge in [-0.25, -0.2) is 13.2 Å². The molecule has 0 unspecified atom stereocenters. The third-order valence-electron chi connectivity index (χ3n) is 2.70. The third kappa shape index (κ3) is 3.27. The van der Waals surface area contributed by atoms with Gasteiger partial charge < -0.3 is 10.6 Å². The van der Waals surface area contributed by atoms with Crippen molar-refractivity contribution in [2.75, 3.05) is 10.6 Å². The van der Waals surface area contributed by atoms with Crippen molar-refractivity contribution in [1.29, 1.82) is 0 Å². The van der Waals surface area contributed by atoms with Crippen molar-refractivity contribution in [3.63, 3.8) is 0 Å². The first-order chi connectivity index (χ1) is 9.47. The van der Waals surface area contributed by atoms with Crippen LogP contribution in [0.4, 0.5) is 24.5 Å². The van der Waals surface area contributed by atoms with Crippen LogP contribution < -0.4 is 10.6 Å². The van der Waals surface area contributed by atoms with Crippen LogP contribution in [0, 0.1) is 24.4 Å². The predicted octanol–water partition coefficient (Wildman–Crippen LogP) is 4.22. The number of benzene rings is 2. The fourth-order valence-electron chi connectivity index (χ4n) is 1.61. The molecule has 0 heterocycles. The summed E-state index contributed by atoms with van der Waals surface area (Å²) in [4.78, 5) is 0. The van der Waals surface area contributed by atoms with Crippen molar-refractivity contribution >= 4 is 28.7 Å². The summed E-state index contributed by atoms with van der Waals surface area (Å²) in [5.41, 5.74) is 0.916. The molecule has 0 aliphatic heterocycles. The van der Waals surface area contributed by atoms with Crippen LogP contribution in [0.3, 0.4) is 0 Å². The lowest BCUT2D eigenvalue weighted by atomic mass is 10.2. The quantitative estimate of drug-likeness (QED) is 0.811. The first-order valence-corrected chi connectivity index (χ1v) is 6.16. The predicted molar refractivity (Wildman–Crippen MR) is 77.3 cm³/mol. The van der Waals surface area contributed by atoms with Gasteiger partial charge in [-0.05, 0) is 43.4 Å². The lowest BCUT2D eigenvalue weighted by Crippen LogP contribution is -2.20. The third-order valence-corrected chi connectivity index (χ3v) is 2.90. The number of hydrogen-bond donors (Lipinski definition) is 2. The number of thiocarbonyl (C=S) groups is 1. The Morgan fingerprint density at radius 3 is 2.35 bits per heavy atom. The molecule has 2 N–H and O–H groups in total. The second kappa shape index (κ2) is 5.92. The van der Waals surface area contributed by atoms with E-state index in [1.807, 2.05) is 0 Å². The van der Waals surface area contributed by atoms with E-state index in [2.05, 4.69) is 10.6 Å². The van der Waals surface area contributed by atoms with Crippen molar-refractivity contribution in [3.8, 4) is 0 Å². The Morgan fingerprint density at radius 2 is 1.65 bits per heavy atom. The first kappa shape index (κ1) is 14.3. The van der Waals surface area contributed by atoms with Gasteiger partial charge in [-0.3, -0.25) is 0 Å². The van der Waals surface area contributed by atoms with Crippen molar-refractivity contribution in [2.45, 2.75) is 6.92 Å². The highest BCUT2D eigenvalue weighted by Gasteiger charge is 2.08. The molecule has 0 radical (unpaired) electrons. The standard InChI is InChI=1S/C14H11F3N2S/c1-8-10(16)3-2-4-12(8)18-14(20)19-13-6-5-9(15)7-11(13)17/h2-7H,1H3,(H2,18,19,20). The zero-order chi connectivity index (χ0) is 14.7. The van der Waals surface area contributed by atoms with Crippen LogP contribution in [-0.2, 0) is 0 Å². The van der Waals surface area contributed by atoms with E-state index < -0.39 is 11.6 Å². The fourth-order valence-corrected chi connectivity index (χ4v) is 1.83. The minimum absolute atomic E-state index is 0.0398. The second-order valence-electron chi connectivity index (χ2n) is 4.12. The molecule has 0 saturated carbocycles. The van der Waals surface area contributed by atoms with E-state index in [9.17, 15) is 13.2 Å². The van der Waals surface area contributed by atoms with Gasteiger partial charge in [-0.15, -0.1) is 0 Å². The highest BCUT2D eigenvalue weighted by atomic mass is 32.1. The smallest absolute Gasteiger partial charge is 0.175 e. The summed E-state index contributed by atoms with van der Waals surface area (Å²) >= 11 is 5.01. The number of nitrogens with one attached hydrogen (secondary N) is 2. The zero-order valence-corrected chi connectivity index (χ0v) is 11.3. The lowest BCUT2D eigenvalue weighted by molar-refractivity contribution is 0.586. The minimum Gasteiger partial charge on any atom is -0.332 e. The summed E-state index contributed by atoms with van der Waals surface area (Å²) in [5, 5.41) is 5.44. The maximum atomic E-state index is 13.4. The van der Waals surface area contributed by atoms with Gasteiger partial charge in [0.25, 0.3) is 0 Å². The van der Waals surface area contributed by atoms with Crippen molar-refractivity contribution in [2.24, 2.45) is 0 Å². The first-order valence-electron chi connectivity index (χ1n) is 5.75. The van der Waals surface area contributed by atoms with E-state index in [0.29, 0.717) is 11.3 Å². The Bertz CT molecular complexity index is 659. The molecule has 2 nitrogen and oxygen atoms in total. The molecule has 6 heteroatoms. The molecule has 0 bridgehead atoms. The normalized spacial score (nSPS) is 10.2. The summed E-state index contributed by atoms with van der Waals surface area (Å²) in [6, 6.07) is 7.60. The SMILES string of the molecule is Cc1c(F)cccc1NC(=S)Nc1ccc(F)cc1F. The van der Waals surface area contributed by atoms with Crippen molar-refractivity contribution in [1.82, 2.24) is 0 Å². The van der Waals surface area contributed by atoms with Crippen LogP contribution in [0.2, 0.25) is 0 Å². The number of halogens is 3. The topological polar surface area (TPSA) is 24.1 Å². The zero-order valence-electron chi connectivity index (χ0n) is 10.5. The van der Waals surface area contributed by atoms with E-state index in [-0.39, 0.29) is 16.6 Å². The number of rotatable bonds is 2. The van der Waals surface area contributed by atoms with Crippen LogP contribution >= 0.6 is 12.2 Å². The van der Waals surface area contributed by atoms with Gasteiger partial charge in [0.05, 0.1) is 5.69 Å². The molecule has 2 aromatic rings. The highest BCUT2D eigenvalue weighted by molar-refractivity contribution is 7.80. The van der Waals surface area contributed by atoms with Gasteiger partial charge in [-0.1, -0.05) is 6.07 Å². The van der Waals surface area contributed by atoms with E-state index in [1.165, 1.54) is 18.2 Å². The summed E-state index contributed by atoms with van der Waals surface area (Å²) in [5.74, 6) is -1.80. The van der Waals surface area contributed by atoms with Crippen LogP contribution in [-0.4, -0.2) is 5.11 Å². The van der Waals surface area contributed by atoms with Gasteiger partial charge in [-0.2, -0.15) is 0 Å². The maximum Gasteiger partial charge on any atom is 0.175 e. The van der Waals surface area contributed by atoms with Crippen LogP contribution in [0.25, 0.3) is 0 Å². The molecule has 20 heavy (non-hydrogen) atoms. The maximum absolute atomic E-state index is 13.4. The van der Waals surface area contributed by atoms with E-state index in [1.54, 1.807) is 13.0 Å². The minimum atomic E-state index is -0.759. The van der Waals surface area contributed by atoms with Crippen molar-refractivity contribution < 1.29 is 13.2 Å². The molecule has 104 valence electrons. The Labute approximate surface area is 119 Å². The molecule has 0 saturated heterocycles. The Morgan fingerprint density at radius 1 is 0.950 bits per heavy atom. The molecule has 0 aliphatic rings.